The lowest BCUT2D eigenvalue weighted by Crippen LogP contribution is -2.72. The summed E-state index contributed by atoms with van der Waals surface area (Å²) in [4.78, 5) is 18.3. The van der Waals surface area contributed by atoms with Gasteiger partial charge in [-0.2, -0.15) is 0 Å². The molecule has 0 bridgehead atoms. The third kappa shape index (κ3) is 2.66. The number of aromatic nitrogens is 3. The van der Waals surface area contributed by atoms with Crippen LogP contribution in [-0.2, 0) is 0 Å². The van der Waals surface area contributed by atoms with Crippen molar-refractivity contribution < 1.29 is 0 Å². The van der Waals surface area contributed by atoms with Crippen molar-refractivity contribution in [3.63, 3.8) is 0 Å². The van der Waals surface area contributed by atoms with Gasteiger partial charge in [-0.05, 0) is 24.7 Å². The summed E-state index contributed by atoms with van der Waals surface area (Å²) in [6, 6.07) is 12.1. The lowest BCUT2D eigenvalue weighted by atomic mass is 9.72. The Balaban J connectivity index is 1.24. The molecule has 2 fully saturated rings. The molecule has 6 heteroatoms. The summed E-state index contributed by atoms with van der Waals surface area (Å²) in [5, 5.41) is 4.22. The average Bonchev–Trinajstić information content (AvgIpc) is 2.61. The van der Waals surface area contributed by atoms with Crippen molar-refractivity contribution in [2.75, 3.05) is 42.9 Å². The second-order valence-electron chi connectivity index (χ2n) is 7.44. The van der Waals surface area contributed by atoms with Crippen LogP contribution in [0.1, 0.15) is 6.92 Å². The Bertz CT molecular complexity index is 924. The van der Waals surface area contributed by atoms with Gasteiger partial charge in [0.05, 0.1) is 17.4 Å². The minimum Gasteiger partial charge on any atom is -0.369 e. The first kappa shape index (κ1) is 15.5. The molecule has 0 unspecified atom stereocenters. The maximum atomic E-state index is 4.54. The van der Waals surface area contributed by atoms with E-state index < -0.39 is 0 Å². The van der Waals surface area contributed by atoms with Crippen molar-refractivity contribution in [2.45, 2.75) is 6.92 Å². The van der Waals surface area contributed by atoms with Crippen LogP contribution in [0.4, 0.5) is 17.5 Å². The van der Waals surface area contributed by atoms with E-state index in [-0.39, 0.29) is 0 Å². The molecular weight excluding hydrogens is 324 g/mol. The van der Waals surface area contributed by atoms with Crippen LogP contribution < -0.4 is 10.2 Å². The predicted octanol–water partition coefficient (Wildman–Crippen LogP) is 2.91. The SMILES string of the molecule is CCN1CC2(C1)CN(c1ccc(Nc3ncc4ccccc4n3)nc1)C2. The van der Waals surface area contributed by atoms with Crippen molar-refractivity contribution in [1.82, 2.24) is 19.9 Å². The number of rotatable bonds is 4. The van der Waals surface area contributed by atoms with E-state index in [4.69, 9.17) is 0 Å². The zero-order valence-electron chi connectivity index (χ0n) is 14.9. The lowest BCUT2D eigenvalue weighted by Gasteiger charge is -2.61. The van der Waals surface area contributed by atoms with Crippen molar-refractivity contribution >= 4 is 28.4 Å². The Morgan fingerprint density at radius 1 is 1.00 bits per heavy atom. The first-order chi connectivity index (χ1) is 12.7. The minimum atomic E-state index is 0.534. The first-order valence-electron chi connectivity index (χ1n) is 9.15. The highest BCUT2D eigenvalue weighted by Crippen LogP contribution is 2.41. The second-order valence-corrected chi connectivity index (χ2v) is 7.44. The van der Waals surface area contributed by atoms with Gasteiger partial charge in [0, 0.05) is 43.2 Å². The molecule has 2 aromatic heterocycles. The van der Waals surface area contributed by atoms with Gasteiger partial charge in [0.1, 0.15) is 5.82 Å². The topological polar surface area (TPSA) is 57.2 Å². The van der Waals surface area contributed by atoms with Crippen LogP contribution >= 0.6 is 0 Å². The van der Waals surface area contributed by atoms with Crippen LogP contribution in [0, 0.1) is 5.41 Å². The molecule has 0 amide bonds. The number of nitrogens with zero attached hydrogens (tertiary/aromatic N) is 5. The number of hydrogen-bond acceptors (Lipinski definition) is 6. The van der Waals surface area contributed by atoms with Crippen molar-refractivity contribution in [3.05, 3.63) is 48.8 Å². The summed E-state index contributed by atoms with van der Waals surface area (Å²) in [5.74, 6) is 1.33. The third-order valence-electron chi connectivity index (χ3n) is 5.46. The first-order valence-corrected chi connectivity index (χ1v) is 9.15. The normalized spacial score (nSPS) is 18.6. The zero-order chi connectivity index (χ0) is 17.6. The number of fused-ring (bicyclic) bond motifs is 1. The third-order valence-corrected chi connectivity index (χ3v) is 5.46. The molecule has 132 valence electrons. The van der Waals surface area contributed by atoms with Crippen LogP contribution in [0.15, 0.2) is 48.8 Å². The fourth-order valence-corrected chi connectivity index (χ4v) is 4.07. The summed E-state index contributed by atoms with van der Waals surface area (Å²) >= 11 is 0. The number of anilines is 3. The largest absolute Gasteiger partial charge is 0.369 e. The Morgan fingerprint density at radius 3 is 2.62 bits per heavy atom. The van der Waals surface area contributed by atoms with E-state index in [0.29, 0.717) is 11.4 Å². The van der Waals surface area contributed by atoms with Crippen LogP contribution in [0.3, 0.4) is 0 Å². The number of nitrogens with one attached hydrogen (secondary N) is 1. The van der Waals surface area contributed by atoms with Gasteiger partial charge in [-0.1, -0.05) is 25.1 Å². The van der Waals surface area contributed by atoms with E-state index in [2.05, 4.69) is 43.1 Å². The van der Waals surface area contributed by atoms with E-state index >= 15 is 0 Å². The van der Waals surface area contributed by atoms with Crippen LogP contribution in [0.2, 0.25) is 0 Å². The molecule has 2 aliphatic rings. The molecule has 6 nitrogen and oxygen atoms in total. The predicted molar refractivity (Wildman–Crippen MR) is 104 cm³/mol. The van der Waals surface area contributed by atoms with Gasteiger partial charge in [0.25, 0.3) is 0 Å². The molecule has 0 atom stereocenters. The summed E-state index contributed by atoms with van der Waals surface area (Å²) in [7, 11) is 0. The Labute approximate surface area is 152 Å². The summed E-state index contributed by atoms with van der Waals surface area (Å²) in [5.41, 5.74) is 2.65. The van der Waals surface area contributed by atoms with Gasteiger partial charge in [-0.15, -0.1) is 0 Å². The molecule has 0 saturated carbocycles. The van der Waals surface area contributed by atoms with Gasteiger partial charge in [0.2, 0.25) is 5.95 Å². The van der Waals surface area contributed by atoms with E-state index in [1.165, 1.54) is 25.3 Å². The van der Waals surface area contributed by atoms with Crippen molar-refractivity contribution in [1.29, 1.82) is 0 Å². The highest BCUT2D eigenvalue weighted by Gasteiger charge is 2.51. The smallest absolute Gasteiger partial charge is 0.228 e. The van der Waals surface area contributed by atoms with E-state index in [9.17, 15) is 0 Å². The van der Waals surface area contributed by atoms with Gasteiger partial charge in [-0.3, -0.25) is 0 Å². The molecular formula is C20H22N6. The Morgan fingerprint density at radius 2 is 1.85 bits per heavy atom. The zero-order valence-corrected chi connectivity index (χ0v) is 14.9. The summed E-state index contributed by atoms with van der Waals surface area (Å²) in [6.07, 6.45) is 3.77. The van der Waals surface area contributed by atoms with Gasteiger partial charge < -0.3 is 15.1 Å². The molecule has 1 spiro atoms. The molecule has 2 aliphatic heterocycles. The number of hydrogen-bond donors (Lipinski definition) is 1. The van der Waals surface area contributed by atoms with Crippen LogP contribution in [0.25, 0.3) is 10.9 Å². The number of pyridine rings is 1. The molecule has 5 rings (SSSR count). The molecule has 26 heavy (non-hydrogen) atoms. The summed E-state index contributed by atoms with van der Waals surface area (Å²) < 4.78 is 0. The molecule has 3 aromatic rings. The highest BCUT2D eigenvalue weighted by molar-refractivity contribution is 5.78. The molecule has 4 heterocycles. The number of para-hydroxylation sites is 1. The molecule has 2 saturated heterocycles. The second kappa shape index (κ2) is 5.92. The number of likely N-dealkylation sites (tertiary alicyclic amines) is 1. The maximum absolute atomic E-state index is 4.54. The Kier molecular flexibility index (Phi) is 3.53. The average molecular weight is 346 g/mol. The molecule has 1 N–H and O–H groups in total. The highest BCUT2D eigenvalue weighted by atomic mass is 15.3. The minimum absolute atomic E-state index is 0.534. The standard InChI is InChI=1S/C20H22N6/c1-2-25-11-20(12-25)13-26(14-20)16-7-8-18(21-10-16)24-19-22-9-15-5-3-4-6-17(15)23-19/h3-10H,2,11-14H2,1H3,(H,21,22,23,24). The van der Waals surface area contributed by atoms with Gasteiger partial charge in [0.15, 0.2) is 0 Å². The van der Waals surface area contributed by atoms with Crippen molar-refractivity contribution in [2.24, 2.45) is 5.41 Å². The van der Waals surface area contributed by atoms with Crippen LogP contribution in [0.5, 0.6) is 0 Å². The fraction of sp³-hybridized carbons (Fsp3) is 0.350. The van der Waals surface area contributed by atoms with Gasteiger partial charge >= 0.3 is 0 Å². The van der Waals surface area contributed by atoms with E-state index in [1.54, 1.807) is 0 Å². The summed E-state index contributed by atoms with van der Waals surface area (Å²) in [6.45, 7) is 8.18. The van der Waals surface area contributed by atoms with Gasteiger partial charge in [-0.25, -0.2) is 15.0 Å². The van der Waals surface area contributed by atoms with Crippen molar-refractivity contribution in [3.8, 4) is 0 Å². The van der Waals surface area contributed by atoms with E-state index in [1.807, 2.05) is 42.7 Å². The quantitative estimate of drug-likeness (QED) is 0.784. The fourth-order valence-electron chi connectivity index (χ4n) is 4.07. The lowest BCUT2D eigenvalue weighted by molar-refractivity contribution is -0.0178. The monoisotopic (exact) mass is 346 g/mol. The van der Waals surface area contributed by atoms with E-state index in [0.717, 1.165) is 29.8 Å². The molecule has 0 radical (unpaired) electrons. The number of benzene rings is 1. The van der Waals surface area contributed by atoms with Crippen LogP contribution in [-0.4, -0.2) is 52.6 Å². The molecule has 0 aliphatic carbocycles. The maximum Gasteiger partial charge on any atom is 0.228 e. The Hall–Kier alpha value is -2.73. The molecule has 1 aromatic carbocycles.